The van der Waals surface area contributed by atoms with E-state index in [2.05, 4.69) is 0 Å². The molecule has 148 valence electrons. The van der Waals surface area contributed by atoms with Gasteiger partial charge < -0.3 is 15.1 Å². The maximum absolute atomic E-state index is 13.0. The van der Waals surface area contributed by atoms with Crippen molar-refractivity contribution in [1.29, 1.82) is 0 Å². The standard InChI is InChI=1S/C23H27NO4/c1-23(2,28)12-11-16-7-6-10-18(13-16)21(25)24-14-19(20(15-24)22(26)27)17-8-4-3-5-9-17/h3-10,13,19-20,28H,11-12,14-15H2,1-2H3,(H,26,27)/t19-,20+/m0/s1. The second-order valence-electron chi connectivity index (χ2n) is 8.18. The SMILES string of the molecule is CC(C)(O)CCc1cccc(C(=O)N2C[C@@H](C(=O)O)[C@H](c3ccccc3)C2)c1. The highest BCUT2D eigenvalue weighted by atomic mass is 16.4. The number of nitrogens with zero attached hydrogens (tertiary/aromatic N) is 1. The van der Waals surface area contributed by atoms with Gasteiger partial charge in [-0.25, -0.2) is 0 Å². The summed E-state index contributed by atoms with van der Waals surface area (Å²) in [7, 11) is 0. The van der Waals surface area contributed by atoms with E-state index in [0.717, 1.165) is 11.1 Å². The molecule has 1 amide bonds. The van der Waals surface area contributed by atoms with Crippen molar-refractivity contribution in [3.63, 3.8) is 0 Å². The molecule has 0 saturated carbocycles. The zero-order valence-electron chi connectivity index (χ0n) is 16.3. The Morgan fingerprint density at radius 2 is 1.79 bits per heavy atom. The monoisotopic (exact) mass is 381 g/mol. The molecule has 0 bridgehead atoms. The van der Waals surface area contributed by atoms with Gasteiger partial charge in [0.15, 0.2) is 0 Å². The summed E-state index contributed by atoms with van der Waals surface area (Å²) in [6.07, 6.45) is 1.28. The van der Waals surface area contributed by atoms with Gasteiger partial charge >= 0.3 is 5.97 Å². The first kappa shape index (κ1) is 20.1. The number of rotatable bonds is 6. The molecular weight excluding hydrogens is 354 g/mol. The Kier molecular flexibility index (Phi) is 5.84. The molecule has 0 aromatic heterocycles. The fraction of sp³-hybridized carbons (Fsp3) is 0.391. The number of hydrogen-bond acceptors (Lipinski definition) is 3. The fourth-order valence-electron chi connectivity index (χ4n) is 3.75. The predicted octanol–water partition coefficient (Wildman–Crippen LogP) is 3.33. The molecule has 2 aromatic carbocycles. The molecule has 2 aromatic rings. The zero-order chi connectivity index (χ0) is 20.3. The Bertz CT molecular complexity index is 841. The average Bonchev–Trinajstić information content (AvgIpc) is 3.12. The highest BCUT2D eigenvalue weighted by Gasteiger charge is 2.40. The summed E-state index contributed by atoms with van der Waals surface area (Å²) >= 11 is 0. The number of carboxylic acids is 1. The van der Waals surface area contributed by atoms with Crippen molar-refractivity contribution in [1.82, 2.24) is 4.90 Å². The molecule has 5 heteroatoms. The number of hydrogen-bond donors (Lipinski definition) is 2. The van der Waals surface area contributed by atoms with Crippen LogP contribution in [0.1, 0.15) is 47.7 Å². The van der Waals surface area contributed by atoms with E-state index in [-0.39, 0.29) is 18.4 Å². The summed E-state index contributed by atoms with van der Waals surface area (Å²) in [5.74, 6) is -1.83. The maximum Gasteiger partial charge on any atom is 0.308 e. The molecule has 0 radical (unpaired) electrons. The van der Waals surface area contributed by atoms with Gasteiger partial charge in [0.25, 0.3) is 5.91 Å². The van der Waals surface area contributed by atoms with Crippen LogP contribution in [0.25, 0.3) is 0 Å². The minimum Gasteiger partial charge on any atom is -0.481 e. The molecule has 2 N–H and O–H groups in total. The first-order valence-corrected chi connectivity index (χ1v) is 9.63. The van der Waals surface area contributed by atoms with Gasteiger partial charge in [-0.3, -0.25) is 9.59 Å². The second-order valence-corrected chi connectivity index (χ2v) is 8.18. The molecule has 1 fully saturated rings. The van der Waals surface area contributed by atoms with E-state index in [9.17, 15) is 19.8 Å². The summed E-state index contributed by atoms with van der Waals surface area (Å²) in [5, 5.41) is 19.6. The van der Waals surface area contributed by atoms with Gasteiger partial charge in [0.1, 0.15) is 0 Å². The van der Waals surface area contributed by atoms with Crippen LogP contribution in [0.5, 0.6) is 0 Å². The van der Waals surface area contributed by atoms with Crippen LogP contribution in [0.2, 0.25) is 0 Å². The van der Waals surface area contributed by atoms with Crippen molar-refractivity contribution in [2.45, 2.75) is 38.2 Å². The normalized spacial score (nSPS) is 19.6. The Hall–Kier alpha value is -2.66. The summed E-state index contributed by atoms with van der Waals surface area (Å²) < 4.78 is 0. The van der Waals surface area contributed by atoms with Crippen LogP contribution >= 0.6 is 0 Å². The maximum atomic E-state index is 13.0. The molecule has 3 rings (SSSR count). The Labute approximate surface area is 165 Å². The van der Waals surface area contributed by atoms with Gasteiger partial charge in [0, 0.05) is 24.6 Å². The minimum absolute atomic E-state index is 0.144. The lowest BCUT2D eigenvalue weighted by Crippen LogP contribution is -2.30. The highest BCUT2D eigenvalue weighted by Crippen LogP contribution is 2.33. The van der Waals surface area contributed by atoms with Gasteiger partial charge in [-0.05, 0) is 49.9 Å². The predicted molar refractivity (Wildman–Crippen MR) is 107 cm³/mol. The van der Waals surface area contributed by atoms with Crippen LogP contribution in [0.15, 0.2) is 54.6 Å². The van der Waals surface area contributed by atoms with Gasteiger partial charge in [-0.1, -0.05) is 42.5 Å². The lowest BCUT2D eigenvalue weighted by Gasteiger charge is -2.18. The molecule has 1 heterocycles. The quantitative estimate of drug-likeness (QED) is 0.805. The molecule has 0 aliphatic carbocycles. The second kappa shape index (κ2) is 8.15. The van der Waals surface area contributed by atoms with E-state index in [1.165, 1.54) is 0 Å². The molecule has 0 unspecified atom stereocenters. The lowest BCUT2D eigenvalue weighted by atomic mass is 9.89. The number of aryl methyl sites for hydroxylation is 1. The van der Waals surface area contributed by atoms with Crippen LogP contribution in [0, 0.1) is 5.92 Å². The van der Waals surface area contributed by atoms with Crippen molar-refractivity contribution in [3.05, 3.63) is 71.3 Å². The van der Waals surface area contributed by atoms with Crippen molar-refractivity contribution in [3.8, 4) is 0 Å². The van der Waals surface area contributed by atoms with E-state index >= 15 is 0 Å². The molecule has 1 aliphatic rings. The van der Waals surface area contributed by atoms with Crippen LogP contribution in [-0.4, -0.2) is 45.7 Å². The average molecular weight is 381 g/mol. The molecule has 2 atom stereocenters. The number of carboxylic acid groups (broad SMARTS) is 1. The van der Waals surface area contributed by atoms with Crippen LogP contribution < -0.4 is 0 Å². The van der Waals surface area contributed by atoms with Crippen LogP contribution in [0.4, 0.5) is 0 Å². The first-order valence-electron chi connectivity index (χ1n) is 9.63. The Morgan fingerprint density at radius 3 is 2.43 bits per heavy atom. The fourth-order valence-corrected chi connectivity index (χ4v) is 3.75. The van der Waals surface area contributed by atoms with Crippen LogP contribution in [-0.2, 0) is 11.2 Å². The third-order valence-electron chi connectivity index (χ3n) is 5.35. The number of carbonyl (C=O) groups excluding carboxylic acids is 1. The van der Waals surface area contributed by atoms with Crippen LogP contribution in [0.3, 0.4) is 0 Å². The van der Waals surface area contributed by atoms with E-state index in [1.54, 1.807) is 24.8 Å². The van der Waals surface area contributed by atoms with E-state index in [4.69, 9.17) is 0 Å². The molecule has 1 aliphatic heterocycles. The topological polar surface area (TPSA) is 77.8 Å². The van der Waals surface area contributed by atoms with E-state index < -0.39 is 17.5 Å². The van der Waals surface area contributed by atoms with E-state index in [1.807, 2.05) is 48.5 Å². The van der Waals surface area contributed by atoms with Gasteiger partial charge in [-0.2, -0.15) is 0 Å². The number of aliphatic hydroxyl groups is 1. The molecular formula is C23H27NO4. The molecule has 28 heavy (non-hydrogen) atoms. The summed E-state index contributed by atoms with van der Waals surface area (Å²) in [6.45, 7) is 4.14. The Balaban J connectivity index is 1.76. The minimum atomic E-state index is -0.872. The molecule has 0 spiro atoms. The third-order valence-corrected chi connectivity index (χ3v) is 5.35. The number of amides is 1. The van der Waals surface area contributed by atoms with Crippen molar-refractivity contribution >= 4 is 11.9 Å². The third kappa shape index (κ3) is 4.78. The summed E-state index contributed by atoms with van der Waals surface area (Å²) in [6, 6.07) is 16.9. The Morgan fingerprint density at radius 1 is 1.07 bits per heavy atom. The van der Waals surface area contributed by atoms with Gasteiger partial charge in [0.2, 0.25) is 0 Å². The number of carbonyl (C=O) groups is 2. The van der Waals surface area contributed by atoms with Crippen molar-refractivity contribution in [2.24, 2.45) is 5.92 Å². The van der Waals surface area contributed by atoms with E-state index in [0.29, 0.717) is 24.9 Å². The number of aliphatic carboxylic acids is 1. The number of likely N-dealkylation sites (tertiary alicyclic amines) is 1. The smallest absolute Gasteiger partial charge is 0.308 e. The van der Waals surface area contributed by atoms with Crippen molar-refractivity contribution in [2.75, 3.05) is 13.1 Å². The lowest BCUT2D eigenvalue weighted by molar-refractivity contribution is -0.141. The van der Waals surface area contributed by atoms with Gasteiger partial charge in [-0.15, -0.1) is 0 Å². The molecule has 5 nitrogen and oxygen atoms in total. The largest absolute Gasteiger partial charge is 0.481 e. The molecule has 1 saturated heterocycles. The zero-order valence-corrected chi connectivity index (χ0v) is 16.3. The van der Waals surface area contributed by atoms with Gasteiger partial charge in [0.05, 0.1) is 11.5 Å². The first-order chi connectivity index (χ1) is 13.2. The highest BCUT2D eigenvalue weighted by molar-refractivity contribution is 5.95. The summed E-state index contributed by atoms with van der Waals surface area (Å²) in [5.41, 5.74) is 1.74. The summed E-state index contributed by atoms with van der Waals surface area (Å²) in [4.78, 5) is 26.4. The number of benzene rings is 2. The van der Waals surface area contributed by atoms with Crippen molar-refractivity contribution < 1.29 is 19.8 Å².